The summed E-state index contributed by atoms with van der Waals surface area (Å²) >= 11 is 0. The molecule has 0 N–H and O–H groups in total. The van der Waals surface area contributed by atoms with Crippen molar-refractivity contribution in [3.05, 3.63) is 108 Å². The summed E-state index contributed by atoms with van der Waals surface area (Å²) in [6, 6.07) is 32.6. The number of carbonyl (C=O) groups is 1. The van der Waals surface area contributed by atoms with Gasteiger partial charge in [-0.2, -0.15) is 0 Å². The van der Waals surface area contributed by atoms with Crippen LogP contribution in [0.25, 0.3) is 0 Å². The zero-order valence-electron chi connectivity index (χ0n) is 20.8. The topological polar surface area (TPSA) is 23.6 Å². The first-order valence-corrected chi connectivity index (χ1v) is 13.5. The Kier molecular flexibility index (Phi) is 7.95. The lowest BCUT2D eigenvalue weighted by Gasteiger charge is -2.43. The molecule has 0 radical (unpaired) electrons. The number of piperidine rings is 2. The van der Waals surface area contributed by atoms with Crippen LogP contribution in [-0.2, 0) is 4.79 Å². The highest BCUT2D eigenvalue weighted by Crippen LogP contribution is 2.38. The average molecular weight is 467 g/mol. The van der Waals surface area contributed by atoms with Crippen LogP contribution in [-0.4, -0.2) is 41.9 Å². The SMILES string of the molecule is O=C(CC(c1ccccc1)c1ccccc1)N1CCC(C(c2ccccc2)N2CCCCC2)CC1. The van der Waals surface area contributed by atoms with E-state index in [4.69, 9.17) is 0 Å². The van der Waals surface area contributed by atoms with E-state index in [2.05, 4.69) is 88.7 Å². The second kappa shape index (κ2) is 11.7. The summed E-state index contributed by atoms with van der Waals surface area (Å²) in [4.78, 5) is 18.4. The van der Waals surface area contributed by atoms with E-state index in [1.54, 1.807) is 0 Å². The van der Waals surface area contributed by atoms with Crippen molar-refractivity contribution < 1.29 is 4.79 Å². The Labute approximate surface area is 210 Å². The molecule has 2 aliphatic rings. The van der Waals surface area contributed by atoms with E-state index in [0.717, 1.165) is 25.9 Å². The lowest BCUT2D eigenvalue weighted by Crippen LogP contribution is -2.44. The van der Waals surface area contributed by atoms with Gasteiger partial charge < -0.3 is 4.90 Å². The molecular formula is C32H38N2O. The Morgan fingerprint density at radius 2 is 1.14 bits per heavy atom. The molecule has 182 valence electrons. The largest absolute Gasteiger partial charge is 0.343 e. The fourth-order valence-corrected chi connectivity index (χ4v) is 6.20. The number of carbonyl (C=O) groups excluding carboxylic acids is 1. The quantitative estimate of drug-likeness (QED) is 0.388. The van der Waals surface area contributed by atoms with Gasteiger partial charge in [-0.3, -0.25) is 9.69 Å². The number of hydrogen-bond acceptors (Lipinski definition) is 2. The normalized spacial score (nSPS) is 18.5. The minimum atomic E-state index is 0.105. The molecule has 5 rings (SSSR count). The summed E-state index contributed by atoms with van der Waals surface area (Å²) in [5, 5.41) is 0. The predicted octanol–water partition coefficient (Wildman–Crippen LogP) is 6.67. The molecule has 0 spiro atoms. The molecule has 0 aliphatic carbocycles. The van der Waals surface area contributed by atoms with Gasteiger partial charge in [-0.25, -0.2) is 0 Å². The Morgan fingerprint density at radius 3 is 1.66 bits per heavy atom. The Bertz CT molecular complexity index is 999. The molecule has 1 atom stereocenters. The maximum atomic E-state index is 13.5. The molecule has 35 heavy (non-hydrogen) atoms. The molecule has 3 nitrogen and oxygen atoms in total. The highest BCUT2D eigenvalue weighted by Gasteiger charge is 2.34. The molecule has 2 saturated heterocycles. The van der Waals surface area contributed by atoms with Crippen molar-refractivity contribution in [2.75, 3.05) is 26.2 Å². The second-order valence-corrected chi connectivity index (χ2v) is 10.2. The zero-order valence-corrected chi connectivity index (χ0v) is 20.8. The van der Waals surface area contributed by atoms with Gasteiger partial charge in [0.2, 0.25) is 5.91 Å². The number of hydrogen-bond donors (Lipinski definition) is 0. The van der Waals surface area contributed by atoms with Crippen molar-refractivity contribution in [1.82, 2.24) is 9.80 Å². The van der Waals surface area contributed by atoms with E-state index in [-0.39, 0.29) is 11.8 Å². The molecule has 3 aromatic rings. The highest BCUT2D eigenvalue weighted by molar-refractivity contribution is 5.78. The van der Waals surface area contributed by atoms with Gasteiger partial charge in [-0.05, 0) is 61.4 Å². The van der Waals surface area contributed by atoms with Crippen LogP contribution in [0.1, 0.15) is 67.2 Å². The maximum Gasteiger partial charge on any atom is 0.223 e. The molecule has 0 saturated carbocycles. The zero-order chi connectivity index (χ0) is 23.9. The second-order valence-electron chi connectivity index (χ2n) is 10.2. The number of rotatable bonds is 7. The first kappa shape index (κ1) is 23.8. The van der Waals surface area contributed by atoms with E-state index < -0.39 is 0 Å². The van der Waals surface area contributed by atoms with Gasteiger partial charge >= 0.3 is 0 Å². The van der Waals surface area contributed by atoms with Gasteiger partial charge in [-0.1, -0.05) is 97.4 Å². The number of nitrogens with zero attached hydrogens (tertiary/aromatic N) is 2. The van der Waals surface area contributed by atoms with Gasteiger partial charge in [0.15, 0.2) is 0 Å². The molecule has 2 fully saturated rings. The van der Waals surface area contributed by atoms with Crippen molar-refractivity contribution in [3.8, 4) is 0 Å². The Hall–Kier alpha value is -2.91. The summed E-state index contributed by atoms with van der Waals surface area (Å²) in [5.41, 5.74) is 3.89. The average Bonchev–Trinajstić information content (AvgIpc) is 2.94. The third-order valence-electron chi connectivity index (χ3n) is 8.05. The summed E-state index contributed by atoms with van der Waals surface area (Å²) in [7, 11) is 0. The molecule has 3 heteroatoms. The third-order valence-corrected chi connectivity index (χ3v) is 8.05. The number of amides is 1. The monoisotopic (exact) mass is 466 g/mol. The van der Waals surface area contributed by atoms with Crippen molar-refractivity contribution in [1.29, 1.82) is 0 Å². The summed E-state index contributed by atoms with van der Waals surface area (Å²) in [6.07, 6.45) is 6.68. The van der Waals surface area contributed by atoms with Crippen LogP contribution in [0.2, 0.25) is 0 Å². The van der Waals surface area contributed by atoms with E-state index in [1.165, 1.54) is 49.0 Å². The molecule has 2 aliphatic heterocycles. The third kappa shape index (κ3) is 5.85. The smallest absolute Gasteiger partial charge is 0.223 e. The molecular weight excluding hydrogens is 428 g/mol. The molecule has 1 unspecified atom stereocenters. The lowest BCUT2D eigenvalue weighted by atomic mass is 9.83. The van der Waals surface area contributed by atoms with Crippen LogP contribution in [0.4, 0.5) is 0 Å². The van der Waals surface area contributed by atoms with Gasteiger partial charge in [0, 0.05) is 31.5 Å². The van der Waals surface area contributed by atoms with Gasteiger partial charge in [0.05, 0.1) is 0 Å². The number of benzene rings is 3. The first-order chi connectivity index (χ1) is 17.3. The molecule has 2 heterocycles. The highest BCUT2D eigenvalue weighted by atomic mass is 16.2. The van der Waals surface area contributed by atoms with E-state index in [9.17, 15) is 4.79 Å². The van der Waals surface area contributed by atoms with Crippen molar-refractivity contribution in [2.45, 2.75) is 50.5 Å². The molecule has 0 aromatic heterocycles. The Balaban J connectivity index is 1.27. The summed E-state index contributed by atoms with van der Waals surface area (Å²) in [5.74, 6) is 1.00. The fraction of sp³-hybridized carbons (Fsp3) is 0.406. The summed E-state index contributed by atoms with van der Waals surface area (Å²) in [6.45, 7) is 4.15. The first-order valence-electron chi connectivity index (χ1n) is 13.5. The van der Waals surface area contributed by atoms with Crippen LogP contribution in [0, 0.1) is 5.92 Å². The fourth-order valence-electron chi connectivity index (χ4n) is 6.20. The van der Waals surface area contributed by atoms with Crippen molar-refractivity contribution in [3.63, 3.8) is 0 Å². The predicted molar refractivity (Wildman–Crippen MR) is 143 cm³/mol. The van der Waals surface area contributed by atoms with Crippen LogP contribution >= 0.6 is 0 Å². The lowest BCUT2D eigenvalue weighted by molar-refractivity contribution is -0.133. The van der Waals surface area contributed by atoms with Gasteiger partial charge in [-0.15, -0.1) is 0 Å². The van der Waals surface area contributed by atoms with Crippen LogP contribution in [0.15, 0.2) is 91.0 Å². The van der Waals surface area contributed by atoms with Crippen LogP contribution in [0.3, 0.4) is 0 Å². The number of likely N-dealkylation sites (tertiary alicyclic amines) is 2. The van der Waals surface area contributed by atoms with Gasteiger partial charge in [0.1, 0.15) is 0 Å². The Morgan fingerprint density at radius 1 is 0.657 bits per heavy atom. The summed E-state index contributed by atoms with van der Waals surface area (Å²) < 4.78 is 0. The van der Waals surface area contributed by atoms with E-state index in [1.807, 2.05) is 12.1 Å². The van der Waals surface area contributed by atoms with E-state index >= 15 is 0 Å². The molecule has 0 bridgehead atoms. The minimum Gasteiger partial charge on any atom is -0.343 e. The van der Waals surface area contributed by atoms with Crippen LogP contribution < -0.4 is 0 Å². The van der Waals surface area contributed by atoms with Crippen molar-refractivity contribution in [2.24, 2.45) is 5.92 Å². The van der Waals surface area contributed by atoms with Crippen LogP contribution in [0.5, 0.6) is 0 Å². The standard InChI is InChI=1S/C32H38N2O/c35-31(25-30(26-13-5-1-6-14-26)27-15-7-2-8-16-27)33-23-19-29(20-24-33)32(28-17-9-3-10-18-28)34-21-11-4-12-22-34/h1-3,5-10,13-18,29-30,32H,4,11-12,19-25H2. The van der Waals surface area contributed by atoms with E-state index in [0.29, 0.717) is 18.4 Å². The molecule has 1 amide bonds. The molecule has 3 aromatic carbocycles. The minimum absolute atomic E-state index is 0.105. The maximum absolute atomic E-state index is 13.5. The van der Waals surface area contributed by atoms with Crippen molar-refractivity contribution >= 4 is 5.91 Å². The van der Waals surface area contributed by atoms with Gasteiger partial charge in [0.25, 0.3) is 0 Å².